The second-order valence-electron chi connectivity index (χ2n) is 5.45. The SMILES string of the molecule is O=C(c1cncc(Nc2cccc(Br)c2)c1)N1CCCCC1. The molecule has 1 aromatic heterocycles. The van der Waals surface area contributed by atoms with Crippen LogP contribution in [0.5, 0.6) is 0 Å². The molecule has 0 radical (unpaired) electrons. The molecule has 1 aliphatic rings. The molecule has 1 fully saturated rings. The Bertz CT molecular complexity index is 668. The standard InChI is InChI=1S/C17H18BrN3O/c18-14-5-4-6-15(10-14)20-16-9-13(11-19-12-16)17(22)21-7-2-1-3-8-21/h4-6,9-12,20H,1-3,7-8H2. The molecular formula is C17H18BrN3O. The number of hydrogen-bond acceptors (Lipinski definition) is 3. The second-order valence-corrected chi connectivity index (χ2v) is 6.37. The van der Waals surface area contributed by atoms with E-state index in [1.807, 2.05) is 35.2 Å². The number of pyridine rings is 1. The third-order valence-corrected chi connectivity index (χ3v) is 4.24. The van der Waals surface area contributed by atoms with Gasteiger partial charge in [-0.3, -0.25) is 9.78 Å². The van der Waals surface area contributed by atoms with E-state index in [9.17, 15) is 4.79 Å². The molecule has 1 saturated heterocycles. The first-order chi connectivity index (χ1) is 10.7. The average Bonchev–Trinajstić information content (AvgIpc) is 2.55. The maximum Gasteiger partial charge on any atom is 0.255 e. The highest BCUT2D eigenvalue weighted by atomic mass is 79.9. The first-order valence-electron chi connectivity index (χ1n) is 7.49. The quantitative estimate of drug-likeness (QED) is 0.892. The Balaban J connectivity index is 1.75. The maximum absolute atomic E-state index is 12.5. The van der Waals surface area contributed by atoms with Gasteiger partial charge < -0.3 is 10.2 Å². The monoisotopic (exact) mass is 359 g/mol. The summed E-state index contributed by atoms with van der Waals surface area (Å²) in [6.45, 7) is 1.70. The first-order valence-corrected chi connectivity index (χ1v) is 8.28. The van der Waals surface area contributed by atoms with E-state index in [1.54, 1.807) is 12.4 Å². The van der Waals surface area contributed by atoms with Crippen LogP contribution in [0.4, 0.5) is 11.4 Å². The zero-order chi connectivity index (χ0) is 15.4. The molecule has 0 saturated carbocycles. The maximum atomic E-state index is 12.5. The Morgan fingerprint density at radius 2 is 1.91 bits per heavy atom. The smallest absolute Gasteiger partial charge is 0.255 e. The fourth-order valence-corrected chi connectivity index (χ4v) is 3.04. The normalized spacial score (nSPS) is 14.7. The first kappa shape index (κ1) is 15.0. The third-order valence-electron chi connectivity index (χ3n) is 3.74. The molecule has 2 aromatic rings. The van der Waals surface area contributed by atoms with Crippen molar-refractivity contribution in [2.45, 2.75) is 19.3 Å². The van der Waals surface area contributed by atoms with Crippen LogP contribution in [0.2, 0.25) is 0 Å². The lowest BCUT2D eigenvalue weighted by Crippen LogP contribution is -2.35. The number of likely N-dealkylation sites (tertiary alicyclic amines) is 1. The van der Waals surface area contributed by atoms with Gasteiger partial charge in [-0.15, -0.1) is 0 Å². The predicted octanol–water partition coefficient (Wildman–Crippen LogP) is 4.21. The van der Waals surface area contributed by atoms with Gasteiger partial charge in [-0.25, -0.2) is 0 Å². The summed E-state index contributed by atoms with van der Waals surface area (Å²) >= 11 is 3.45. The number of carbonyl (C=O) groups is 1. The van der Waals surface area contributed by atoms with Gasteiger partial charge in [0.25, 0.3) is 5.91 Å². The van der Waals surface area contributed by atoms with Crippen molar-refractivity contribution in [3.05, 3.63) is 52.8 Å². The van der Waals surface area contributed by atoms with E-state index in [-0.39, 0.29) is 5.91 Å². The van der Waals surface area contributed by atoms with Crippen LogP contribution in [0, 0.1) is 0 Å². The lowest BCUT2D eigenvalue weighted by Gasteiger charge is -2.26. The highest BCUT2D eigenvalue weighted by Gasteiger charge is 2.18. The molecule has 3 rings (SSSR count). The molecule has 114 valence electrons. The minimum atomic E-state index is 0.0742. The Hall–Kier alpha value is -1.88. The molecule has 1 amide bonds. The Kier molecular flexibility index (Phi) is 4.73. The molecule has 0 aliphatic carbocycles. The summed E-state index contributed by atoms with van der Waals surface area (Å²) < 4.78 is 1.01. The number of nitrogens with one attached hydrogen (secondary N) is 1. The lowest BCUT2D eigenvalue weighted by atomic mass is 10.1. The molecule has 0 atom stereocenters. The minimum absolute atomic E-state index is 0.0742. The van der Waals surface area contributed by atoms with Crippen molar-refractivity contribution < 1.29 is 4.79 Å². The molecule has 0 spiro atoms. The van der Waals surface area contributed by atoms with Crippen LogP contribution in [0.3, 0.4) is 0 Å². The van der Waals surface area contributed by atoms with Gasteiger partial charge in [-0.2, -0.15) is 0 Å². The predicted molar refractivity (Wildman–Crippen MR) is 91.4 cm³/mol. The van der Waals surface area contributed by atoms with E-state index in [1.165, 1.54) is 6.42 Å². The van der Waals surface area contributed by atoms with Gasteiger partial charge in [0, 0.05) is 29.4 Å². The van der Waals surface area contributed by atoms with Gasteiger partial charge in [0.1, 0.15) is 0 Å². The molecule has 1 N–H and O–H groups in total. The number of anilines is 2. The van der Waals surface area contributed by atoms with Crippen LogP contribution in [-0.4, -0.2) is 28.9 Å². The number of benzene rings is 1. The molecule has 2 heterocycles. The Morgan fingerprint density at radius 3 is 2.68 bits per heavy atom. The number of hydrogen-bond donors (Lipinski definition) is 1. The number of aromatic nitrogens is 1. The van der Waals surface area contributed by atoms with Crippen molar-refractivity contribution in [2.75, 3.05) is 18.4 Å². The van der Waals surface area contributed by atoms with Gasteiger partial charge in [-0.05, 0) is 43.5 Å². The molecule has 4 nitrogen and oxygen atoms in total. The van der Waals surface area contributed by atoms with Gasteiger partial charge in [0.15, 0.2) is 0 Å². The van der Waals surface area contributed by atoms with E-state index in [2.05, 4.69) is 26.2 Å². The summed E-state index contributed by atoms with van der Waals surface area (Å²) in [5, 5.41) is 3.28. The van der Waals surface area contributed by atoms with Crippen LogP contribution < -0.4 is 5.32 Å². The zero-order valence-corrected chi connectivity index (χ0v) is 13.8. The molecule has 1 aliphatic heterocycles. The summed E-state index contributed by atoms with van der Waals surface area (Å²) in [6, 6.07) is 9.76. The number of amides is 1. The Labute approximate surface area is 138 Å². The van der Waals surface area contributed by atoms with Crippen LogP contribution in [0.25, 0.3) is 0 Å². The molecular weight excluding hydrogens is 342 g/mol. The summed E-state index contributed by atoms with van der Waals surface area (Å²) in [5.41, 5.74) is 2.42. The fourth-order valence-electron chi connectivity index (χ4n) is 2.64. The molecule has 5 heteroatoms. The summed E-state index contributed by atoms with van der Waals surface area (Å²) in [5.74, 6) is 0.0742. The zero-order valence-electron chi connectivity index (χ0n) is 12.3. The fraction of sp³-hybridized carbons (Fsp3) is 0.294. The average molecular weight is 360 g/mol. The van der Waals surface area contributed by atoms with E-state index in [0.717, 1.165) is 41.8 Å². The van der Waals surface area contributed by atoms with Crippen molar-refractivity contribution in [1.29, 1.82) is 0 Å². The highest BCUT2D eigenvalue weighted by molar-refractivity contribution is 9.10. The molecule has 22 heavy (non-hydrogen) atoms. The van der Waals surface area contributed by atoms with E-state index in [4.69, 9.17) is 0 Å². The second kappa shape index (κ2) is 6.92. The van der Waals surface area contributed by atoms with E-state index >= 15 is 0 Å². The number of piperidine rings is 1. The number of nitrogens with zero attached hydrogens (tertiary/aromatic N) is 2. The van der Waals surface area contributed by atoms with Crippen molar-refractivity contribution in [3.63, 3.8) is 0 Å². The number of carbonyl (C=O) groups excluding carboxylic acids is 1. The lowest BCUT2D eigenvalue weighted by molar-refractivity contribution is 0.0724. The molecule has 0 unspecified atom stereocenters. The van der Waals surface area contributed by atoms with Gasteiger partial charge >= 0.3 is 0 Å². The van der Waals surface area contributed by atoms with Crippen molar-refractivity contribution in [3.8, 4) is 0 Å². The third kappa shape index (κ3) is 3.65. The molecule has 0 bridgehead atoms. The van der Waals surface area contributed by atoms with E-state index in [0.29, 0.717) is 5.56 Å². The van der Waals surface area contributed by atoms with Gasteiger partial charge in [0.05, 0.1) is 17.4 Å². The topological polar surface area (TPSA) is 45.2 Å². The van der Waals surface area contributed by atoms with Crippen molar-refractivity contribution >= 4 is 33.2 Å². The van der Waals surface area contributed by atoms with Crippen LogP contribution in [0.1, 0.15) is 29.6 Å². The molecule has 1 aromatic carbocycles. The summed E-state index contributed by atoms with van der Waals surface area (Å²) in [7, 11) is 0. The minimum Gasteiger partial charge on any atom is -0.354 e. The largest absolute Gasteiger partial charge is 0.354 e. The van der Waals surface area contributed by atoms with Crippen molar-refractivity contribution in [2.24, 2.45) is 0 Å². The van der Waals surface area contributed by atoms with E-state index < -0.39 is 0 Å². The van der Waals surface area contributed by atoms with Gasteiger partial charge in [0.2, 0.25) is 0 Å². The number of rotatable bonds is 3. The van der Waals surface area contributed by atoms with Crippen LogP contribution in [-0.2, 0) is 0 Å². The summed E-state index contributed by atoms with van der Waals surface area (Å²) in [4.78, 5) is 18.6. The van der Waals surface area contributed by atoms with Crippen LogP contribution in [0.15, 0.2) is 47.2 Å². The number of halogens is 1. The van der Waals surface area contributed by atoms with Crippen LogP contribution >= 0.6 is 15.9 Å². The highest BCUT2D eigenvalue weighted by Crippen LogP contribution is 2.21. The summed E-state index contributed by atoms with van der Waals surface area (Å²) in [6.07, 6.45) is 6.77. The Morgan fingerprint density at radius 1 is 1.09 bits per heavy atom. The van der Waals surface area contributed by atoms with Crippen molar-refractivity contribution in [1.82, 2.24) is 9.88 Å². The van der Waals surface area contributed by atoms with Gasteiger partial charge in [-0.1, -0.05) is 22.0 Å².